The van der Waals surface area contributed by atoms with Crippen molar-refractivity contribution >= 4 is 5.91 Å². The Morgan fingerprint density at radius 3 is 2.30 bits per heavy atom. The van der Waals surface area contributed by atoms with E-state index in [9.17, 15) is 4.79 Å². The van der Waals surface area contributed by atoms with E-state index in [1.807, 2.05) is 24.3 Å². The molecule has 3 heteroatoms. The summed E-state index contributed by atoms with van der Waals surface area (Å²) in [6.45, 7) is 13.6. The molecule has 1 heterocycles. The topological polar surface area (TPSA) is 42.0 Å². The molecule has 1 fully saturated rings. The fourth-order valence-electron chi connectivity index (χ4n) is 3.95. The number of carbonyl (C=O) groups excluding carboxylic acids is 1. The van der Waals surface area contributed by atoms with Gasteiger partial charge in [0.15, 0.2) is 0 Å². The SMILES string of the molecule is C.CC(C)(C)CCCc1ccc(C(=O)NC2(c3ccccn3)CC2)cc1C(C)(C)C. The van der Waals surface area contributed by atoms with Crippen LogP contribution in [0.4, 0.5) is 0 Å². The van der Waals surface area contributed by atoms with E-state index in [4.69, 9.17) is 0 Å². The first kappa shape index (κ1) is 24.1. The average Bonchev–Trinajstić information content (AvgIpc) is 3.41. The number of benzene rings is 1. The summed E-state index contributed by atoms with van der Waals surface area (Å²) in [5, 5.41) is 3.26. The molecule has 2 aromatic rings. The highest BCUT2D eigenvalue weighted by molar-refractivity contribution is 5.95. The van der Waals surface area contributed by atoms with E-state index in [2.05, 4.69) is 64.0 Å². The lowest BCUT2D eigenvalue weighted by molar-refractivity contribution is 0.0929. The minimum Gasteiger partial charge on any atom is -0.341 e. The number of hydrogen-bond donors (Lipinski definition) is 1. The zero-order valence-electron chi connectivity index (χ0n) is 18.9. The lowest BCUT2D eigenvalue weighted by Crippen LogP contribution is -2.35. The van der Waals surface area contributed by atoms with Crippen LogP contribution in [0, 0.1) is 5.41 Å². The predicted molar refractivity (Wildman–Crippen MR) is 127 cm³/mol. The molecule has 1 N–H and O–H groups in total. The van der Waals surface area contributed by atoms with Gasteiger partial charge in [0.2, 0.25) is 0 Å². The fourth-order valence-corrected chi connectivity index (χ4v) is 3.95. The Morgan fingerprint density at radius 1 is 1.07 bits per heavy atom. The van der Waals surface area contributed by atoms with Gasteiger partial charge in [0, 0.05) is 11.8 Å². The van der Waals surface area contributed by atoms with Crippen molar-refractivity contribution in [2.45, 2.75) is 92.0 Å². The van der Waals surface area contributed by atoms with Gasteiger partial charge in [-0.25, -0.2) is 0 Å². The molecular weight excluding hydrogens is 368 g/mol. The molecule has 1 aromatic carbocycles. The smallest absolute Gasteiger partial charge is 0.252 e. The molecule has 164 valence electrons. The van der Waals surface area contributed by atoms with E-state index in [0.717, 1.165) is 30.5 Å². The van der Waals surface area contributed by atoms with E-state index >= 15 is 0 Å². The molecule has 0 unspecified atom stereocenters. The molecule has 0 atom stereocenters. The van der Waals surface area contributed by atoms with Crippen LogP contribution in [0.15, 0.2) is 42.6 Å². The van der Waals surface area contributed by atoms with Crippen molar-refractivity contribution in [2.24, 2.45) is 5.41 Å². The summed E-state index contributed by atoms with van der Waals surface area (Å²) < 4.78 is 0. The van der Waals surface area contributed by atoms with Crippen LogP contribution in [-0.2, 0) is 17.4 Å². The molecule has 1 aromatic heterocycles. The number of amides is 1. The average molecular weight is 409 g/mol. The van der Waals surface area contributed by atoms with E-state index < -0.39 is 0 Å². The Kier molecular flexibility index (Phi) is 7.16. The molecule has 0 bridgehead atoms. The second kappa shape index (κ2) is 8.91. The van der Waals surface area contributed by atoms with Crippen molar-refractivity contribution in [3.8, 4) is 0 Å². The minimum absolute atomic E-state index is 0. The van der Waals surface area contributed by atoms with Crippen LogP contribution in [0.2, 0.25) is 0 Å². The maximum absolute atomic E-state index is 13.1. The van der Waals surface area contributed by atoms with Crippen LogP contribution in [-0.4, -0.2) is 10.9 Å². The number of nitrogens with zero attached hydrogens (tertiary/aromatic N) is 1. The van der Waals surface area contributed by atoms with Gasteiger partial charge >= 0.3 is 0 Å². The minimum atomic E-state index is -0.286. The standard InChI is InChI=1S/C26H36N2O.CH4/c1-24(2,3)14-9-10-19-12-13-20(18-21(19)25(4,5)6)23(29)28-26(15-16-26)22-11-7-8-17-27-22;/h7-8,11-13,17-18H,9-10,14-16H2,1-6H3,(H,28,29);1H4. The molecule has 1 aliphatic rings. The van der Waals surface area contributed by atoms with Gasteiger partial charge in [0.1, 0.15) is 0 Å². The molecule has 1 amide bonds. The number of pyridine rings is 1. The van der Waals surface area contributed by atoms with E-state index in [-0.39, 0.29) is 24.3 Å². The molecule has 1 aliphatic carbocycles. The number of carbonyl (C=O) groups is 1. The normalized spacial score (nSPS) is 15.3. The second-order valence-corrected chi connectivity index (χ2v) is 10.8. The van der Waals surface area contributed by atoms with Gasteiger partial charge in [0.25, 0.3) is 5.91 Å². The molecule has 0 saturated heterocycles. The van der Waals surface area contributed by atoms with Crippen molar-refractivity contribution in [3.05, 3.63) is 65.0 Å². The molecule has 3 nitrogen and oxygen atoms in total. The summed E-state index contributed by atoms with van der Waals surface area (Å²) in [4.78, 5) is 17.5. The van der Waals surface area contributed by atoms with Gasteiger partial charge in [-0.05, 0) is 78.3 Å². The number of nitrogens with one attached hydrogen (secondary N) is 1. The Hall–Kier alpha value is -2.16. The first-order valence-electron chi connectivity index (χ1n) is 10.9. The van der Waals surface area contributed by atoms with Crippen LogP contribution in [0.3, 0.4) is 0 Å². The van der Waals surface area contributed by atoms with Gasteiger partial charge < -0.3 is 5.32 Å². The van der Waals surface area contributed by atoms with Gasteiger partial charge in [-0.15, -0.1) is 0 Å². The highest BCUT2D eigenvalue weighted by Gasteiger charge is 2.47. The summed E-state index contributed by atoms with van der Waals surface area (Å²) in [5.74, 6) is -0.0000976. The maximum atomic E-state index is 13.1. The van der Waals surface area contributed by atoms with Gasteiger partial charge in [-0.2, -0.15) is 0 Å². The zero-order valence-corrected chi connectivity index (χ0v) is 18.9. The number of rotatable bonds is 6. The van der Waals surface area contributed by atoms with Crippen LogP contribution in [0.1, 0.15) is 102 Å². The first-order chi connectivity index (χ1) is 13.5. The first-order valence-corrected chi connectivity index (χ1v) is 10.9. The Labute approximate surface area is 183 Å². The highest BCUT2D eigenvalue weighted by Crippen LogP contribution is 2.44. The van der Waals surface area contributed by atoms with Crippen molar-refractivity contribution in [2.75, 3.05) is 0 Å². The third kappa shape index (κ3) is 5.93. The Morgan fingerprint density at radius 2 is 1.77 bits per heavy atom. The quantitative estimate of drug-likeness (QED) is 0.571. The highest BCUT2D eigenvalue weighted by atomic mass is 16.1. The van der Waals surface area contributed by atoms with E-state index in [1.54, 1.807) is 6.20 Å². The van der Waals surface area contributed by atoms with Crippen LogP contribution in [0.25, 0.3) is 0 Å². The second-order valence-electron chi connectivity index (χ2n) is 10.8. The van der Waals surface area contributed by atoms with Crippen LogP contribution >= 0.6 is 0 Å². The molecule has 0 radical (unpaired) electrons. The predicted octanol–water partition coefficient (Wildman–Crippen LogP) is 6.80. The fraction of sp³-hybridized carbons (Fsp3) is 0.556. The number of aryl methyl sites for hydroxylation is 1. The molecular formula is C27H40N2O. The Bertz CT molecular complexity index is 853. The summed E-state index contributed by atoms with van der Waals surface area (Å²) in [5.41, 5.74) is 4.43. The van der Waals surface area contributed by atoms with E-state index in [1.165, 1.54) is 24.0 Å². The molecule has 0 spiro atoms. The number of aromatic nitrogens is 1. The number of hydrogen-bond acceptors (Lipinski definition) is 2. The van der Waals surface area contributed by atoms with Crippen LogP contribution < -0.4 is 5.32 Å². The monoisotopic (exact) mass is 408 g/mol. The van der Waals surface area contributed by atoms with Gasteiger partial charge in [-0.3, -0.25) is 9.78 Å². The lowest BCUT2D eigenvalue weighted by Gasteiger charge is -2.25. The molecule has 1 saturated carbocycles. The lowest BCUT2D eigenvalue weighted by atomic mass is 9.80. The largest absolute Gasteiger partial charge is 0.341 e. The molecule has 0 aliphatic heterocycles. The summed E-state index contributed by atoms with van der Waals surface area (Å²) in [7, 11) is 0. The van der Waals surface area contributed by atoms with Crippen molar-refractivity contribution < 1.29 is 4.79 Å². The van der Waals surface area contributed by atoms with Gasteiger partial charge in [0.05, 0.1) is 11.2 Å². The third-order valence-corrected chi connectivity index (χ3v) is 5.81. The third-order valence-electron chi connectivity index (χ3n) is 5.81. The summed E-state index contributed by atoms with van der Waals surface area (Å²) in [6, 6.07) is 12.2. The van der Waals surface area contributed by atoms with E-state index in [0.29, 0.717) is 5.41 Å². The maximum Gasteiger partial charge on any atom is 0.252 e. The van der Waals surface area contributed by atoms with Crippen molar-refractivity contribution in [3.63, 3.8) is 0 Å². The van der Waals surface area contributed by atoms with Gasteiger partial charge in [-0.1, -0.05) is 61.1 Å². The van der Waals surface area contributed by atoms with Crippen molar-refractivity contribution in [1.29, 1.82) is 0 Å². The summed E-state index contributed by atoms with van der Waals surface area (Å²) >= 11 is 0. The van der Waals surface area contributed by atoms with Crippen LogP contribution in [0.5, 0.6) is 0 Å². The van der Waals surface area contributed by atoms with Crippen molar-refractivity contribution in [1.82, 2.24) is 10.3 Å². The zero-order chi connectivity index (χ0) is 21.3. The molecule has 30 heavy (non-hydrogen) atoms. The Balaban J connectivity index is 0.00000320. The summed E-state index contributed by atoms with van der Waals surface area (Å²) in [6.07, 6.45) is 7.13. The molecule has 3 rings (SSSR count).